The van der Waals surface area contributed by atoms with Crippen LogP contribution in [-0.4, -0.2) is 12.7 Å². The first kappa shape index (κ1) is 19.2. The van der Waals surface area contributed by atoms with Crippen LogP contribution in [-0.2, 0) is 4.74 Å². The molecule has 1 saturated heterocycles. The molecule has 0 amide bonds. The van der Waals surface area contributed by atoms with E-state index in [0.29, 0.717) is 6.10 Å². The lowest BCUT2D eigenvalue weighted by molar-refractivity contribution is -0.0967. The molecule has 1 heteroatoms. The smallest absolute Gasteiger partial charge is 0.0827 e. The fourth-order valence-electron chi connectivity index (χ4n) is 6.31. The van der Waals surface area contributed by atoms with Crippen molar-refractivity contribution in [1.29, 1.82) is 0 Å². The van der Waals surface area contributed by atoms with Crippen LogP contribution < -0.4 is 0 Å². The van der Waals surface area contributed by atoms with Crippen molar-refractivity contribution in [3.8, 4) is 0 Å². The molecule has 25 heavy (non-hydrogen) atoms. The van der Waals surface area contributed by atoms with Crippen molar-refractivity contribution < 1.29 is 4.74 Å². The average molecular weight is 345 g/mol. The molecule has 1 heterocycles. The summed E-state index contributed by atoms with van der Waals surface area (Å²) in [4.78, 5) is 0. The lowest BCUT2D eigenvalue weighted by Crippen LogP contribution is -2.47. The fourth-order valence-corrected chi connectivity index (χ4v) is 6.31. The first-order valence-electron chi connectivity index (χ1n) is 10.8. The van der Waals surface area contributed by atoms with Gasteiger partial charge in [-0.25, -0.2) is 0 Å². The predicted octanol–water partition coefficient (Wildman–Crippen LogP) is 6.79. The van der Waals surface area contributed by atoms with E-state index in [0.717, 1.165) is 42.1 Å². The van der Waals surface area contributed by atoms with Crippen LogP contribution in [0.1, 0.15) is 80.1 Å². The van der Waals surface area contributed by atoms with Crippen molar-refractivity contribution in [3.63, 3.8) is 0 Å². The topological polar surface area (TPSA) is 9.23 Å². The van der Waals surface area contributed by atoms with Gasteiger partial charge in [-0.1, -0.05) is 37.5 Å². The molecule has 6 unspecified atom stereocenters. The fraction of sp³-hybridized carbons (Fsp3) is 0.833. The van der Waals surface area contributed by atoms with Crippen molar-refractivity contribution in [2.24, 2.45) is 35.5 Å². The molecule has 3 fully saturated rings. The average Bonchev–Trinajstić information content (AvgIpc) is 2.58. The highest BCUT2D eigenvalue weighted by atomic mass is 16.5. The quantitative estimate of drug-likeness (QED) is 0.512. The Morgan fingerprint density at radius 3 is 2.32 bits per heavy atom. The van der Waals surface area contributed by atoms with Crippen molar-refractivity contribution in [3.05, 3.63) is 22.8 Å². The van der Waals surface area contributed by atoms with E-state index in [4.69, 9.17) is 4.74 Å². The molecule has 1 nitrogen and oxygen atoms in total. The van der Waals surface area contributed by atoms with E-state index < -0.39 is 0 Å². The van der Waals surface area contributed by atoms with Crippen molar-refractivity contribution in [1.82, 2.24) is 0 Å². The first-order chi connectivity index (χ1) is 11.9. The molecule has 3 aliphatic rings. The van der Waals surface area contributed by atoms with Crippen LogP contribution in [0.15, 0.2) is 22.8 Å². The summed E-state index contributed by atoms with van der Waals surface area (Å²) in [5.41, 5.74) is 4.28. The number of ether oxygens (including phenoxy) is 1. The molecular weight excluding hydrogens is 304 g/mol. The number of rotatable bonds is 3. The van der Waals surface area contributed by atoms with Crippen molar-refractivity contribution >= 4 is 0 Å². The Balaban J connectivity index is 1.80. The molecule has 0 aromatic carbocycles. The van der Waals surface area contributed by atoms with Crippen LogP contribution in [0.25, 0.3) is 0 Å². The van der Waals surface area contributed by atoms with Crippen LogP contribution in [0.3, 0.4) is 0 Å². The summed E-state index contributed by atoms with van der Waals surface area (Å²) < 4.78 is 6.42. The third-order valence-corrected chi connectivity index (χ3v) is 7.42. The number of hydrogen-bond donors (Lipinski definition) is 0. The van der Waals surface area contributed by atoms with Gasteiger partial charge in [-0.3, -0.25) is 0 Å². The zero-order chi connectivity index (χ0) is 18.1. The van der Waals surface area contributed by atoms with Gasteiger partial charge in [-0.05, 0) is 101 Å². The third-order valence-electron chi connectivity index (χ3n) is 7.42. The van der Waals surface area contributed by atoms with Crippen LogP contribution in [0.5, 0.6) is 0 Å². The second kappa shape index (κ2) is 7.99. The first-order valence-corrected chi connectivity index (χ1v) is 10.8. The largest absolute Gasteiger partial charge is 0.373 e. The van der Waals surface area contributed by atoms with Gasteiger partial charge < -0.3 is 4.74 Å². The lowest BCUT2D eigenvalue weighted by atomic mass is 9.55. The van der Waals surface area contributed by atoms with E-state index in [1.54, 1.807) is 0 Å². The minimum absolute atomic E-state index is 0.333. The summed E-state index contributed by atoms with van der Waals surface area (Å²) in [7, 11) is 0. The summed E-state index contributed by atoms with van der Waals surface area (Å²) in [5.74, 6) is 5.52. The molecule has 0 radical (unpaired) electrons. The Labute approximate surface area is 156 Å². The monoisotopic (exact) mass is 344 g/mol. The van der Waals surface area contributed by atoms with E-state index in [1.165, 1.54) is 55.2 Å². The van der Waals surface area contributed by atoms with Gasteiger partial charge in [0.05, 0.1) is 12.7 Å². The van der Waals surface area contributed by atoms with E-state index >= 15 is 0 Å². The van der Waals surface area contributed by atoms with Gasteiger partial charge in [0.1, 0.15) is 0 Å². The van der Waals surface area contributed by atoms with Crippen LogP contribution in [0.4, 0.5) is 0 Å². The molecule has 0 aromatic heterocycles. The maximum absolute atomic E-state index is 6.42. The molecular formula is C24H40O. The molecule has 6 atom stereocenters. The van der Waals surface area contributed by atoms with Gasteiger partial charge >= 0.3 is 0 Å². The maximum Gasteiger partial charge on any atom is 0.0827 e. The van der Waals surface area contributed by atoms with Gasteiger partial charge in [0.15, 0.2) is 0 Å². The van der Waals surface area contributed by atoms with Crippen LogP contribution in [0, 0.1) is 35.5 Å². The molecule has 1 aliphatic heterocycles. The van der Waals surface area contributed by atoms with Gasteiger partial charge in [-0.15, -0.1) is 0 Å². The zero-order valence-electron chi connectivity index (χ0n) is 17.5. The van der Waals surface area contributed by atoms with Crippen molar-refractivity contribution in [2.75, 3.05) is 6.61 Å². The molecule has 0 N–H and O–H groups in total. The molecule has 142 valence electrons. The van der Waals surface area contributed by atoms with Gasteiger partial charge in [0.2, 0.25) is 0 Å². The number of fused-ring (bicyclic) bond motifs is 3. The molecule has 0 aromatic rings. The Kier molecular flexibility index (Phi) is 6.14. The molecule has 3 rings (SSSR count). The van der Waals surface area contributed by atoms with E-state index in [-0.39, 0.29) is 0 Å². The highest BCUT2D eigenvalue weighted by Gasteiger charge is 2.47. The van der Waals surface area contributed by atoms with Gasteiger partial charge in [0, 0.05) is 0 Å². The molecule has 0 bridgehead atoms. The summed E-state index contributed by atoms with van der Waals surface area (Å²) in [6, 6.07) is 0. The third kappa shape index (κ3) is 4.07. The lowest BCUT2D eigenvalue weighted by Gasteiger charge is -2.53. The highest BCUT2D eigenvalue weighted by Crippen LogP contribution is 2.53. The van der Waals surface area contributed by atoms with E-state index in [1.807, 2.05) is 0 Å². The van der Waals surface area contributed by atoms with Crippen molar-refractivity contribution in [2.45, 2.75) is 86.2 Å². The molecule has 0 spiro atoms. The zero-order valence-corrected chi connectivity index (χ0v) is 17.5. The Hall–Kier alpha value is -0.560. The van der Waals surface area contributed by atoms with E-state index in [9.17, 15) is 0 Å². The highest BCUT2D eigenvalue weighted by molar-refractivity contribution is 5.30. The summed E-state index contributed by atoms with van der Waals surface area (Å²) >= 11 is 0. The molecule has 2 aliphatic carbocycles. The van der Waals surface area contributed by atoms with Gasteiger partial charge in [-0.2, -0.15) is 0 Å². The number of hydrogen-bond acceptors (Lipinski definition) is 1. The second-order valence-electron chi connectivity index (χ2n) is 9.90. The number of allylic oxidation sites excluding steroid dienone is 2. The molecule has 2 saturated carbocycles. The minimum atomic E-state index is 0.333. The summed E-state index contributed by atoms with van der Waals surface area (Å²) in [6.45, 7) is 14.8. The Morgan fingerprint density at radius 2 is 1.68 bits per heavy atom. The van der Waals surface area contributed by atoms with Crippen LogP contribution in [0.2, 0.25) is 0 Å². The summed E-state index contributed by atoms with van der Waals surface area (Å²) in [5, 5.41) is 0. The second-order valence-corrected chi connectivity index (χ2v) is 9.90. The maximum atomic E-state index is 6.42. The Morgan fingerprint density at radius 1 is 0.920 bits per heavy atom. The van der Waals surface area contributed by atoms with Gasteiger partial charge in [0.25, 0.3) is 0 Å². The standard InChI is InChI=1S/C24H40O/c1-15(2)12-22(17(5)6)24-13-23-18(14-25-24)10-11-21-19(16(3)4)8-7-9-20(21)23/h12,16,18-21,23-24H,7-11,13-14H2,1-6H3. The predicted molar refractivity (Wildman–Crippen MR) is 108 cm³/mol. The van der Waals surface area contributed by atoms with Crippen LogP contribution >= 0.6 is 0 Å². The summed E-state index contributed by atoms with van der Waals surface area (Å²) in [6.07, 6.45) is 11.3. The Bertz CT molecular complexity index is 518. The normalized spacial score (nSPS) is 37.9. The van der Waals surface area contributed by atoms with E-state index in [2.05, 4.69) is 47.6 Å². The minimum Gasteiger partial charge on any atom is -0.373 e. The SMILES string of the molecule is CC(C)=CC(=C(C)C)C1CC2C(CCC3C(C(C)C)CCCC23)CO1.